The monoisotopic (exact) mass is 287 g/mol. The Labute approximate surface area is 124 Å². The van der Waals surface area contributed by atoms with Crippen LogP contribution in [0, 0.1) is 6.92 Å². The minimum absolute atomic E-state index is 0.324. The molecule has 1 unspecified atom stereocenters. The van der Waals surface area contributed by atoms with Crippen molar-refractivity contribution in [3.05, 3.63) is 23.8 Å². The maximum absolute atomic E-state index is 6.09. The van der Waals surface area contributed by atoms with Crippen LogP contribution in [0.25, 0.3) is 11.4 Å². The molecule has 2 heterocycles. The Kier molecular flexibility index (Phi) is 4.15. The van der Waals surface area contributed by atoms with Gasteiger partial charge in [0.1, 0.15) is 0 Å². The van der Waals surface area contributed by atoms with E-state index in [1.807, 2.05) is 29.8 Å². The molecule has 2 aromatic rings. The first-order valence-corrected chi connectivity index (χ1v) is 7.49. The summed E-state index contributed by atoms with van der Waals surface area (Å²) in [6.07, 6.45) is 4.81. The van der Waals surface area contributed by atoms with Crippen molar-refractivity contribution in [1.82, 2.24) is 20.2 Å². The molecule has 2 N–H and O–H groups in total. The number of benzene rings is 1. The molecule has 1 aliphatic heterocycles. The number of rotatable bonds is 4. The van der Waals surface area contributed by atoms with E-state index in [0.717, 1.165) is 42.9 Å². The van der Waals surface area contributed by atoms with Gasteiger partial charge in [-0.3, -0.25) is 0 Å². The number of anilines is 1. The van der Waals surface area contributed by atoms with Gasteiger partial charge in [0.05, 0.1) is 6.10 Å². The van der Waals surface area contributed by atoms with E-state index < -0.39 is 0 Å². The van der Waals surface area contributed by atoms with Gasteiger partial charge >= 0.3 is 0 Å². The standard InChI is InChI=1S/C15H21N5O/c1-11-5-4-7-13(16)14(11)15-17-18-19-20(15)9-8-12-6-2-3-10-21-12/h4-5,7,12H,2-3,6,8-10,16H2,1H3. The second-order valence-electron chi connectivity index (χ2n) is 5.54. The summed E-state index contributed by atoms with van der Waals surface area (Å²) in [7, 11) is 0. The van der Waals surface area contributed by atoms with E-state index >= 15 is 0 Å². The van der Waals surface area contributed by atoms with Gasteiger partial charge in [-0.15, -0.1) is 5.10 Å². The average molecular weight is 287 g/mol. The molecule has 1 aliphatic rings. The van der Waals surface area contributed by atoms with Gasteiger partial charge in [0.15, 0.2) is 5.82 Å². The summed E-state index contributed by atoms with van der Waals surface area (Å²) in [5.74, 6) is 0.737. The third-order valence-corrected chi connectivity index (χ3v) is 4.00. The smallest absolute Gasteiger partial charge is 0.184 e. The summed E-state index contributed by atoms with van der Waals surface area (Å²) in [5, 5.41) is 12.1. The number of nitrogens with two attached hydrogens (primary N) is 1. The zero-order chi connectivity index (χ0) is 14.7. The molecular formula is C15H21N5O. The summed E-state index contributed by atoms with van der Waals surface area (Å²) in [5.41, 5.74) is 8.80. The Morgan fingerprint density at radius 3 is 3.05 bits per heavy atom. The summed E-state index contributed by atoms with van der Waals surface area (Å²) < 4.78 is 7.59. The Balaban J connectivity index is 1.77. The van der Waals surface area contributed by atoms with E-state index in [2.05, 4.69) is 15.5 Å². The van der Waals surface area contributed by atoms with Crippen LogP contribution in [0.3, 0.4) is 0 Å². The van der Waals surface area contributed by atoms with Crippen LogP contribution in [-0.4, -0.2) is 32.9 Å². The minimum Gasteiger partial charge on any atom is -0.398 e. The van der Waals surface area contributed by atoms with E-state index in [1.165, 1.54) is 12.8 Å². The number of nitrogens with zero attached hydrogens (tertiary/aromatic N) is 4. The molecule has 3 rings (SSSR count). The van der Waals surface area contributed by atoms with Gasteiger partial charge in [-0.25, -0.2) is 4.68 Å². The normalized spacial score (nSPS) is 18.8. The van der Waals surface area contributed by atoms with Gasteiger partial charge in [0, 0.05) is 24.4 Å². The lowest BCUT2D eigenvalue weighted by atomic mass is 10.1. The lowest BCUT2D eigenvalue weighted by molar-refractivity contribution is 0.00828. The van der Waals surface area contributed by atoms with Crippen molar-refractivity contribution >= 4 is 5.69 Å². The number of ether oxygens (including phenoxy) is 1. The van der Waals surface area contributed by atoms with Gasteiger partial charge in [0.25, 0.3) is 0 Å². The summed E-state index contributed by atoms with van der Waals surface area (Å²) in [4.78, 5) is 0. The molecule has 0 aliphatic carbocycles. The molecule has 1 atom stereocenters. The predicted molar refractivity (Wildman–Crippen MR) is 80.6 cm³/mol. The van der Waals surface area contributed by atoms with Crippen LogP contribution in [-0.2, 0) is 11.3 Å². The number of nitrogen functional groups attached to an aromatic ring is 1. The van der Waals surface area contributed by atoms with E-state index in [4.69, 9.17) is 10.5 Å². The van der Waals surface area contributed by atoms with Crippen molar-refractivity contribution in [2.24, 2.45) is 0 Å². The van der Waals surface area contributed by atoms with Crippen LogP contribution < -0.4 is 5.73 Å². The molecule has 21 heavy (non-hydrogen) atoms. The van der Waals surface area contributed by atoms with Gasteiger partial charge in [0.2, 0.25) is 0 Å². The van der Waals surface area contributed by atoms with Crippen LogP contribution in [0.15, 0.2) is 18.2 Å². The fraction of sp³-hybridized carbons (Fsp3) is 0.533. The van der Waals surface area contributed by atoms with Crippen LogP contribution in [0.4, 0.5) is 5.69 Å². The molecule has 112 valence electrons. The highest BCUT2D eigenvalue weighted by atomic mass is 16.5. The van der Waals surface area contributed by atoms with Gasteiger partial charge < -0.3 is 10.5 Å². The number of tetrazole rings is 1. The van der Waals surface area contributed by atoms with Crippen molar-refractivity contribution in [3.8, 4) is 11.4 Å². The first-order chi connectivity index (χ1) is 10.3. The highest BCUT2D eigenvalue weighted by molar-refractivity contribution is 5.74. The zero-order valence-corrected chi connectivity index (χ0v) is 12.3. The van der Waals surface area contributed by atoms with E-state index in [0.29, 0.717) is 11.8 Å². The highest BCUT2D eigenvalue weighted by Crippen LogP contribution is 2.27. The third kappa shape index (κ3) is 3.05. The third-order valence-electron chi connectivity index (χ3n) is 4.00. The fourth-order valence-electron chi connectivity index (χ4n) is 2.83. The molecule has 1 aromatic carbocycles. The van der Waals surface area contributed by atoms with Crippen LogP contribution >= 0.6 is 0 Å². The first-order valence-electron chi connectivity index (χ1n) is 7.49. The maximum atomic E-state index is 6.09. The Hall–Kier alpha value is -1.95. The molecule has 0 saturated carbocycles. The Morgan fingerprint density at radius 2 is 2.29 bits per heavy atom. The number of aryl methyl sites for hydroxylation is 2. The molecule has 1 saturated heterocycles. The van der Waals surface area contributed by atoms with Crippen molar-refractivity contribution in [2.45, 2.75) is 45.3 Å². The number of hydrogen-bond acceptors (Lipinski definition) is 5. The van der Waals surface area contributed by atoms with Crippen molar-refractivity contribution in [3.63, 3.8) is 0 Å². The molecule has 0 spiro atoms. The van der Waals surface area contributed by atoms with E-state index in [9.17, 15) is 0 Å². The predicted octanol–water partition coefficient (Wildman–Crippen LogP) is 2.19. The van der Waals surface area contributed by atoms with Gasteiger partial charge in [-0.2, -0.15) is 0 Å². The lowest BCUT2D eigenvalue weighted by Crippen LogP contribution is -2.21. The minimum atomic E-state index is 0.324. The Morgan fingerprint density at radius 1 is 1.38 bits per heavy atom. The molecule has 1 aromatic heterocycles. The van der Waals surface area contributed by atoms with Crippen LogP contribution in [0.5, 0.6) is 0 Å². The summed E-state index contributed by atoms with van der Waals surface area (Å²) >= 11 is 0. The lowest BCUT2D eigenvalue weighted by Gasteiger charge is -2.22. The SMILES string of the molecule is Cc1cccc(N)c1-c1nnnn1CCC1CCCCO1. The summed E-state index contributed by atoms with van der Waals surface area (Å²) in [6.45, 7) is 3.65. The van der Waals surface area contributed by atoms with Gasteiger partial charge in [-0.1, -0.05) is 12.1 Å². The fourth-order valence-corrected chi connectivity index (χ4v) is 2.83. The Bertz CT molecular complexity index is 584. The van der Waals surface area contributed by atoms with Crippen molar-refractivity contribution in [2.75, 3.05) is 12.3 Å². The molecule has 0 radical (unpaired) electrons. The maximum Gasteiger partial charge on any atom is 0.184 e. The summed E-state index contributed by atoms with van der Waals surface area (Å²) in [6, 6.07) is 5.85. The van der Waals surface area contributed by atoms with Gasteiger partial charge in [-0.05, 0) is 54.7 Å². The highest BCUT2D eigenvalue weighted by Gasteiger charge is 2.17. The molecule has 0 bridgehead atoms. The van der Waals surface area contributed by atoms with Crippen LogP contribution in [0.2, 0.25) is 0 Å². The topological polar surface area (TPSA) is 78.9 Å². The largest absolute Gasteiger partial charge is 0.398 e. The van der Waals surface area contributed by atoms with E-state index in [-0.39, 0.29) is 0 Å². The van der Waals surface area contributed by atoms with Crippen LogP contribution in [0.1, 0.15) is 31.2 Å². The zero-order valence-electron chi connectivity index (χ0n) is 12.3. The molecule has 6 nitrogen and oxygen atoms in total. The van der Waals surface area contributed by atoms with E-state index in [1.54, 1.807) is 0 Å². The van der Waals surface area contributed by atoms with Crippen molar-refractivity contribution in [1.29, 1.82) is 0 Å². The average Bonchev–Trinajstić information content (AvgIpc) is 2.94. The molecular weight excluding hydrogens is 266 g/mol. The second kappa shape index (κ2) is 6.22. The second-order valence-corrected chi connectivity index (χ2v) is 5.54. The number of aromatic nitrogens is 4. The van der Waals surface area contributed by atoms with Crippen molar-refractivity contribution < 1.29 is 4.74 Å². The first kappa shape index (κ1) is 14.0. The molecule has 6 heteroatoms. The molecule has 1 fully saturated rings. The quantitative estimate of drug-likeness (QED) is 0.872. The molecule has 0 amide bonds. The number of hydrogen-bond donors (Lipinski definition) is 1.